The second kappa shape index (κ2) is 5.88. The van der Waals surface area contributed by atoms with Crippen LogP contribution in [0.15, 0.2) is 17.0 Å². The summed E-state index contributed by atoms with van der Waals surface area (Å²) in [6.45, 7) is 3.10. The van der Waals surface area contributed by atoms with Gasteiger partial charge in [-0.2, -0.15) is 4.31 Å². The van der Waals surface area contributed by atoms with Crippen molar-refractivity contribution in [1.82, 2.24) is 4.31 Å². The van der Waals surface area contributed by atoms with E-state index in [0.29, 0.717) is 5.56 Å². The molecule has 118 valence electrons. The number of nitrogens with zero attached hydrogens (tertiary/aromatic N) is 1. The molecule has 1 saturated heterocycles. The smallest absolute Gasteiger partial charge is 0.246 e. The molecule has 0 aromatic heterocycles. The lowest BCUT2D eigenvalue weighted by Gasteiger charge is -2.36. The summed E-state index contributed by atoms with van der Waals surface area (Å²) in [6.07, 6.45) is -0.609. The number of ether oxygens (including phenoxy) is 1. The molecule has 8 heteroatoms. The van der Waals surface area contributed by atoms with Gasteiger partial charge in [0, 0.05) is 18.3 Å². The second-order valence-electron chi connectivity index (χ2n) is 5.20. The number of rotatable bonds is 3. The van der Waals surface area contributed by atoms with Gasteiger partial charge in [0.05, 0.1) is 19.3 Å². The number of aryl methyl sites for hydroxylation is 1. The third-order valence-electron chi connectivity index (χ3n) is 3.56. The van der Waals surface area contributed by atoms with Gasteiger partial charge in [-0.1, -0.05) is 0 Å². The SMILES string of the molecule is Cc1cc(F)c(S(=O)(=O)N2CC(CO)OCC2C)cc1N. The fourth-order valence-electron chi connectivity index (χ4n) is 2.23. The number of halogens is 1. The first-order valence-electron chi connectivity index (χ1n) is 6.57. The van der Waals surface area contributed by atoms with Crippen LogP contribution in [0.2, 0.25) is 0 Å². The number of anilines is 1. The van der Waals surface area contributed by atoms with E-state index >= 15 is 0 Å². The van der Waals surface area contributed by atoms with Crippen LogP contribution in [-0.4, -0.2) is 49.7 Å². The normalized spacial score (nSPS) is 24.2. The van der Waals surface area contributed by atoms with Crippen LogP contribution in [0.4, 0.5) is 10.1 Å². The van der Waals surface area contributed by atoms with Crippen molar-refractivity contribution in [3.8, 4) is 0 Å². The van der Waals surface area contributed by atoms with Crippen LogP contribution in [0.1, 0.15) is 12.5 Å². The molecule has 2 rings (SSSR count). The Bertz CT molecular complexity index is 635. The van der Waals surface area contributed by atoms with Crippen LogP contribution in [0.5, 0.6) is 0 Å². The van der Waals surface area contributed by atoms with Crippen LogP contribution in [0.25, 0.3) is 0 Å². The van der Waals surface area contributed by atoms with Crippen LogP contribution < -0.4 is 5.73 Å². The topological polar surface area (TPSA) is 92.9 Å². The zero-order valence-electron chi connectivity index (χ0n) is 11.9. The Balaban J connectivity index is 2.43. The van der Waals surface area contributed by atoms with Gasteiger partial charge >= 0.3 is 0 Å². The van der Waals surface area contributed by atoms with Crippen molar-refractivity contribution in [3.63, 3.8) is 0 Å². The van der Waals surface area contributed by atoms with E-state index in [9.17, 15) is 12.8 Å². The summed E-state index contributed by atoms with van der Waals surface area (Å²) in [5.74, 6) is -0.832. The molecule has 0 saturated carbocycles. The van der Waals surface area contributed by atoms with Gasteiger partial charge in [0.1, 0.15) is 10.7 Å². The molecular weight excluding hydrogens is 299 g/mol. The maximum atomic E-state index is 14.0. The lowest BCUT2D eigenvalue weighted by Crippen LogP contribution is -2.52. The Morgan fingerprint density at radius 1 is 1.52 bits per heavy atom. The molecule has 2 atom stereocenters. The fourth-order valence-corrected chi connectivity index (χ4v) is 3.96. The van der Waals surface area contributed by atoms with Crippen molar-refractivity contribution >= 4 is 15.7 Å². The zero-order valence-corrected chi connectivity index (χ0v) is 12.7. The van der Waals surface area contributed by atoms with Gasteiger partial charge in [-0.05, 0) is 31.5 Å². The number of aliphatic hydroxyl groups excluding tert-OH is 1. The van der Waals surface area contributed by atoms with Crippen molar-refractivity contribution in [1.29, 1.82) is 0 Å². The van der Waals surface area contributed by atoms with E-state index < -0.39 is 32.9 Å². The van der Waals surface area contributed by atoms with E-state index in [1.54, 1.807) is 13.8 Å². The minimum Gasteiger partial charge on any atom is -0.398 e. The summed E-state index contributed by atoms with van der Waals surface area (Å²) in [6, 6.07) is 1.80. The lowest BCUT2D eigenvalue weighted by atomic mass is 10.2. The Hall–Kier alpha value is -1.22. The van der Waals surface area contributed by atoms with Crippen molar-refractivity contribution in [2.45, 2.75) is 30.9 Å². The summed E-state index contributed by atoms with van der Waals surface area (Å²) in [7, 11) is -4.04. The predicted octanol–water partition coefficient (Wildman–Crippen LogP) is 0.487. The average Bonchev–Trinajstić information content (AvgIpc) is 2.43. The Morgan fingerprint density at radius 3 is 2.81 bits per heavy atom. The molecule has 1 aliphatic rings. The molecule has 0 spiro atoms. The fraction of sp³-hybridized carbons (Fsp3) is 0.538. The first-order chi connectivity index (χ1) is 9.77. The van der Waals surface area contributed by atoms with Crippen molar-refractivity contribution in [2.75, 3.05) is 25.5 Å². The van der Waals surface area contributed by atoms with E-state index in [-0.39, 0.29) is 25.4 Å². The summed E-state index contributed by atoms with van der Waals surface area (Å²) >= 11 is 0. The van der Waals surface area contributed by atoms with Crippen LogP contribution >= 0.6 is 0 Å². The molecule has 1 aromatic carbocycles. The van der Waals surface area contributed by atoms with Crippen LogP contribution in [-0.2, 0) is 14.8 Å². The largest absolute Gasteiger partial charge is 0.398 e. The molecular formula is C13H19FN2O4S. The maximum Gasteiger partial charge on any atom is 0.246 e. The highest BCUT2D eigenvalue weighted by atomic mass is 32.2. The first kappa shape index (κ1) is 16.2. The minimum atomic E-state index is -4.04. The van der Waals surface area contributed by atoms with Gasteiger partial charge in [-0.25, -0.2) is 12.8 Å². The van der Waals surface area contributed by atoms with Crippen LogP contribution in [0.3, 0.4) is 0 Å². The molecule has 2 unspecified atom stereocenters. The van der Waals surface area contributed by atoms with Crippen molar-refractivity contribution < 1.29 is 22.7 Å². The van der Waals surface area contributed by atoms with E-state index in [2.05, 4.69) is 0 Å². The molecule has 0 radical (unpaired) electrons. The molecule has 6 nitrogen and oxygen atoms in total. The van der Waals surface area contributed by atoms with E-state index in [1.165, 1.54) is 0 Å². The zero-order chi connectivity index (χ0) is 15.8. The third-order valence-corrected chi connectivity index (χ3v) is 5.55. The lowest BCUT2D eigenvalue weighted by molar-refractivity contribution is -0.0516. The Kier molecular flexibility index (Phi) is 4.52. The van der Waals surface area contributed by atoms with Crippen molar-refractivity contribution in [3.05, 3.63) is 23.5 Å². The number of sulfonamides is 1. The standard InChI is InChI=1S/C13H19FN2O4S/c1-8-3-11(14)13(4-12(8)15)21(18,19)16-5-10(6-17)20-7-9(16)2/h3-4,9-10,17H,5-7,15H2,1-2H3. The number of benzene rings is 1. The molecule has 21 heavy (non-hydrogen) atoms. The Morgan fingerprint density at radius 2 is 2.19 bits per heavy atom. The molecule has 0 amide bonds. The van der Waals surface area contributed by atoms with Gasteiger partial charge < -0.3 is 15.6 Å². The van der Waals surface area contributed by atoms with Gasteiger partial charge in [-0.15, -0.1) is 0 Å². The molecule has 0 aliphatic carbocycles. The summed E-state index contributed by atoms with van der Waals surface area (Å²) < 4.78 is 45.8. The number of hydrogen-bond acceptors (Lipinski definition) is 5. The van der Waals surface area contributed by atoms with Gasteiger partial charge in [-0.3, -0.25) is 0 Å². The third kappa shape index (κ3) is 3.03. The van der Waals surface area contributed by atoms with Gasteiger partial charge in [0.15, 0.2) is 0 Å². The van der Waals surface area contributed by atoms with Gasteiger partial charge in [0.2, 0.25) is 10.0 Å². The number of morpholine rings is 1. The highest BCUT2D eigenvalue weighted by molar-refractivity contribution is 7.89. The van der Waals surface area contributed by atoms with E-state index in [4.69, 9.17) is 15.6 Å². The minimum absolute atomic E-state index is 0.0206. The molecule has 0 bridgehead atoms. The van der Waals surface area contributed by atoms with Crippen molar-refractivity contribution in [2.24, 2.45) is 0 Å². The van der Waals surface area contributed by atoms with Gasteiger partial charge in [0.25, 0.3) is 0 Å². The highest BCUT2D eigenvalue weighted by Crippen LogP contribution is 2.27. The number of aliphatic hydroxyl groups is 1. The molecule has 1 aliphatic heterocycles. The first-order valence-corrected chi connectivity index (χ1v) is 8.01. The molecule has 1 aromatic rings. The average molecular weight is 318 g/mol. The number of hydrogen-bond donors (Lipinski definition) is 2. The summed E-state index contributed by atoms with van der Waals surface area (Å²) in [5, 5.41) is 9.13. The monoisotopic (exact) mass is 318 g/mol. The summed E-state index contributed by atoms with van der Waals surface area (Å²) in [4.78, 5) is -0.448. The summed E-state index contributed by atoms with van der Waals surface area (Å²) in [5.41, 5.74) is 6.39. The van der Waals surface area contributed by atoms with E-state index in [1.807, 2.05) is 0 Å². The number of nitrogens with two attached hydrogens (primary N) is 1. The molecule has 3 N–H and O–H groups in total. The second-order valence-corrected chi connectivity index (χ2v) is 7.06. The predicted molar refractivity (Wildman–Crippen MR) is 75.7 cm³/mol. The van der Waals surface area contributed by atoms with E-state index in [0.717, 1.165) is 16.4 Å². The molecule has 1 fully saturated rings. The number of nitrogen functional groups attached to an aromatic ring is 1. The molecule has 1 heterocycles. The van der Waals surface area contributed by atoms with Crippen LogP contribution in [0, 0.1) is 12.7 Å². The maximum absolute atomic E-state index is 14.0. The highest BCUT2D eigenvalue weighted by Gasteiger charge is 2.36. The quantitative estimate of drug-likeness (QED) is 0.791. The Labute approximate surface area is 123 Å².